The second kappa shape index (κ2) is 7.98. The molecule has 27 heavy (non-hydrogen) atoms. The van der Waals surface area contributed by atoms with Crippen LogP contribution in [0.15, 0.2) is 4.52 Å². The first-order chi connectivity index (χ1) is 12.9. The summed E-state index contributed by atoms with van der Waals surface area (Å²) in [6.07, 6.45) is 2.38. The van der Waals surface area contributed by atoms with Gasteiger partial charge in [-0.2, -0.15) is 0 Å². The van der Waals surface area contributed by atoms with Crippen LogP contribution in [0.4, 0.5) is 0 Å². The summed E-state index contributed by atoms with van der Waals surface area (Å²) in [4.78, 5) is 30.0. The fraction of sp³-hybridized carbons (Fsp3) is 0.737. The summed E-state index contributed by atoms with van der Waals surface area (Å²) in [5.74, 6) is 0.710. The molecule has 0 aromatic carbocycles. The van der Waals surface area contributed by atoms with E-state index in [0.717, 1.165) is 42.8 Å². The van der Waals surface area contributed by atoms with Gasteiger partial charge >= 0.3 is 0 Å². The van der Waals surface area contributed by atoms with E-state index in [1.165, 1.54) is 7.11 Å². The van der Waals surface area contributed by atoms with Crippen LogP contribution in [0.2, 0.25) is 0 Å². The van der Waals surface area contributed by atoms with Gasteiger partial charge in [0.2, 0.25) is 11.8 Å². The van der Waals surface area contributed by atoms with Crippen molar-refractivity contribution in [2.75, 3.05) is 40.4 Å². The van der Waals surface area contributed by atoms with Crippen molar-refractivity contribution in [1.82, 2.24) is 20.3 Å². The highest BCUT2D eigenvalue weighted by molar-refractivity contribution is 5.86. The number of aromatic nitrogens is 1. The zero-order valence-electron chi connectivity index (χ0n) is 16.7. The van der Waals surface area contributed by atoms with E-state index in [2.05, 4.69) is 15.4 Å². The molecule has 0 unspecified atom stereocenters. The molecule has 0 aliphatic carbocycles. The number of hydrogen-bond acceptors (Lipinski definition) is 6. The highest BCUT2D eigenvalue weighted by atomic mass is 16.5. The summed E-state index contributed by atoms with van der Waals surface area (Å²) in [5, 5.41) is 7.06. The summed E-state index contributed by atoms with van der Waals surface area (Å²) in [7, 11) is 3.57. The molecule has 3 heterocycles. The zero-order chi connectivity index (χ0) is 19.6. The molecule has 0 bridgehead atoms. The number of aryl methyl sites for hydroxylation is 2. The number of ether oxygens (including phenoxy) is 1. The van der Waals surface area contributed by atoms with Gasteiger partial charge in [-0.15, -0.1) is 0 Å². The molecular weight excluding hydrogens is 348 g/mol. The Hall–Kier alpha value is -1.93. The highest BCUT2D eigenvalue weighted by Gasteiger charge is 2.53. The van der Waals surface area contributed by atoms with Gasteiger partial charge in [0.15, 0.2) is 0 Å². The predicted molar refractivity (Wildman–Crippen MR) is 99.0 cm³/mol. The van der Waals surface area contributed by atoms with E-state index in [-0.39, 0.29) is 24.5 Å². The Kier molecular flexibility index (Phi) is 5.86. The average molecular weight is 378 g/mol. The van der Waals surface area contributed by atoms with Crippen LogP contribution in [0, 0.1) is 19.3 Å². The third kappa shape index (κ3) is 3.73. The van der Waals surface area contributed by atoms with Crippen LogP contribution in [0.25, 0.3) is 0 Å². The third-order valence-corrected chi connectivity index (χ3v) is 6.11. The van der Waals surface area contributed by atoms with Gasteiger partial charge in [0, 0.05) is 32.3 Å². The largest absolute Gasteiger partial charge is 0.375 e. The minimum Gasteiger partial charge on any atom is -0.375 e. The van der Waals surface area contributed by atoms with Crippen LogP contribution >= 0.6 is 0 Å². The molecule has 8 nitrogen and oxygen atoms in total. The van der Waals surface area contributed by atoms with Crippen molar-refractivity contribution in [3.63, 3.8) is 0 Å². The zero-order valence-corrected chi connectivity index (χ0v) is 16.7. The second-order valence-corrected chi connectivity index (χ2v) is 7.79. The maximum atomic E-state index is 13.4. The van der Waals surface area contributed by atoms with Gasteiger partial charge in [0.25, 0.3) is 0 Å². The molecule has 2 fully saturated rings. The lowest BCUT2D eigenvalue weighted by atomic mass is 9.67. The van der Waals surface area contributed by atoms with Crippen LogP contribution in [-0.4, -0.2) is 73.2 Å². The van der Waals surface area contributed by atoms with E-state index in [4.69, 9.17) is 9.26 Å². The molecule has 0 saturated carbocycles. The number of fused-ring (bicyclic) bond motifs is 1. The van der Waals surface area contributed by atoms with Crippen LogP contribution in [-0.2, 0) is 20.9 Å². The lowest BCUT2D eigenvalue weighted by molar-refractivity contribution is -0.156. The molecule has 8 heteroatoms. The van der Waals surface area contributed by atoms with Gasteiger partial charge in [-0.05, 0) is 46.7 Å². The van der Waals surface area contributed by atoms with Gasteiger partial charge in [0.1, 0.15) is 12.4 Å². The molecule has 1 N–H and O–H groups in total. The number of piperidine rings is 2. The van der Waals surface area contributed by atoms with Crippen LogP contribution < -0.4 is 5.32 Å². The predicted octanol–water partition coefficient (Wildman–Crippen LogP) is 0.867. The molecule has 2 aliphatic heterocycles. The number of methoxy groups -OCH3 is 1. The number of hydrogen-bond donors (Lipinski definition) is 1. The number of amides is 2. The van der Waals surface area contributed by atoms with Crippen molar-refractivity contribution in [2.24, 2.45) is 5.41 Å². The Bertz CT molecular complexity index is 684. The summed E-state index contributed by atoms with van der Waals surface area (Å²) >= 11 is 0. The number of nitrogens with one attached hydrogen (secondary N) is 1. The Morgan fingerprint density at radius 2 is 2.11 bits per heavy atom. The van der Waals surface area contributed by atoms with E-state index < -0.39 is 5.41 Å². The van der Waals surface area contributed by atoms with Crippen molar-refractivity contribution in [1.29, 1.82) is 0 Å². The average Bonchev–Trinajstić information content (AvgIpc) is 2.97. The van der Waals surface area contributed by atoms with Crippen molar-refractivity contribution >= 4 is 11.8 Å². The van der Waals surface area contributed by atoms with Crippen molar-refractivity contribution < 1.29 is 18.8 Å². The van der Waals surface area contributed by atoms with Gasteiger partial charge in [-0.3, -0.25) is 9.59 Å². The SMILES string of the molecule is COCC(=O)N1CCC[C@@]2(C(=O)NCc3c(C)noc3C)CCN(C)C[C@H]12. The Morgan fingerprint density at radius 3 is 2.78 bits per heavy atom. The van der Waals surface area contributed by atoms with E-state index in [1.54, 1.807) is 0 Å². The normalized spacial score (nSPS) is 25.9. The first kappa shape index (κ1) is 19.8. The summed E-state index contributed by atoms with van der Waals surface area (Å²) in [6.45, 7) is 6.41. The topological polar surface area (TPSA) is 87.9 Å². The number of carbonyl (C=O) groups is 2. The van der Waals surface area contributed by atoms with Crippen molar-refractivity contribution in [3.8, 4) is 0 Å². The smallest absolute Gasteiger partial charge is 0.248 e. The molecule has 2 aliphatic rings. The fourth-order valence-corrected chi connectivity index (χ4v) is 4.51. The molecule has 2 amide bonds. The summed E-state index contributed by atoms with van der Waals surface area (Å²) in [5.41, 5.74) is 1.17. The van der Waals surface area contributed by atoms with Crippen molar-refractivity contribution in [3.05, 3.63) is 17.0 Å². The first-order valence-corrected chi connectivity index (χ1v) is 9.56. The fourth-order valence-electron chi connectivity index (χ4n) is 4.51. The molecule has 0 radical (unpaired) electrons. The van der Waals surface area contributed by atoms with Gasteiger partial charge in [-0.25, -0.2) is 0 Å². The third-order valence-electron chi connectivity index (χ3n) is 6.11. The molecule has 0 spiro atoms. The molecule has 1 aromatic heterocycles. The van der Waals surface area contributed by atoms with E-state index in [0.29, 0.717) is 19.6 Å². The lowest BCUT2D eigenvalue weighted by Crippen LogP contribution is -2.66. The summed E-state index contributed by atoms with van der Waals surface area (Å²) in [6, 6.07) is -0.127. The second-order valence-electron chi connectivity index (χ2n) is 7.79. The maximum Gasteiger partial charge on any atom is 0.248 e. The minimum absolute atomic E-state index is 0.0236. The number of carbonyl (C=O) groups excluding carboxylic acids is 2. The van der Waals surface area contributed by atoms with E-state index >= 15 is 0 Å². The van der Waals surface area contributed by atoms with Crippen LogP contribution in [0.3, 0.4) is 0 Å². The minimum atomic E-state index is -0.548. The molecule has 2 saturated heterocycles. The Balaban J connectivity index is 1.80. The molecule has 1 aromatic rings. The number of rotatable bonds is 5. The van der Waals surface area contributed by atoms with Gasteiger partial charge in [-0.1, -0.05) is 5.16 Å². The maximum absolute atomic E-state index is 13.4. The Morgan fingerprint density at radius 1 is 1.33 bits per heavy atom. The molecule has 2 atom stereocenters. The van der Waals surface area contributed by atoms with E-state index in [1.807, 2.05) is 25.8 Å². The quantitative estimate of drug-likeness (QED) is 0.818. The van der Waals surface area contributed by atoms with Crippen LogP contribution in [0.1, 0.15) is 36.3 Å². The molecular formula is C19H30N4O4. The van der Waals surface area contributed by atoms with E-state index in [9.17, 15) is 9.59 Å². The first-order valence-electron chi connectivity index (χ1n) is 9.56. The van der Waals surface area contributed by atoms with Crippen molar-refractivity contribution in [2.45, 2.75) is 45.7 Å². The highest BCUT2D eigenvalue weighted by Crippen LogP contribution is 2.42. The standard InChI is InChI=1S/C19H30N4O4/c1-13-15(14(2)27-21-13)10-20-18(25)19-6-5-8-23(17(24)12-26-4)16(19)11-22(3)9-7-19/h16H,5-12H2,1-4H3,(H,20,25)/t16-,19+/m0/s1. The number of nitrogens with zero attached hydrogens (tertiary/aromatic N) is 3. The van der Waals surface area contributed by atoms with Gasteiger partial charge < -0.3 is 24.4 Å². The number of likely N-dealkylation sites (tertiary alicyclic amines) is 2. The lowest BCUT2D eigenvalue weighted by Gasteiger charge is -2.53. The molecule has 150 valence electrons. The molecule has 3 rings (SSSR count). The van der Waals surface area contributed by atoms with Gasteiger partial charge in [0.05, 0.1) is 17.2 Å². The van der Waals surface area contributed by atoms with Crippen LogP contribution in [0.5, 0.6) is 0 Å². The Labute approximate surface area is 160 Å². The summed E-state index contributed by atoms with van der Waals surface area (Å²) < 4.78 is 10.2. The monoisotopic (exact) mass is 378 g/mol. The number of likely N-dealkylation sites (N-methyl/N-ethyl adjacent to an activating group) is 1.